The molecule has 2 aliphatic rings. The molecule has 0 bridgehead atoms. The van der Waals surface area contributed by atoms with E-state index in [4.69, 9.17) is 4.74 Å². The number of hydrogen-bond donors (Lipinski definition) is 2. The van der Waals surface area contributed by atoms with Crippen LogP contribution in [0.2, 0.25) is 0 Å². The van der Waals surface area contributed by atoms with E-state index in [1.165, 1.54) is 0 Å². The molecule has 1 aromatic rings. The minimum atomic E-state index is -0.193. The Bertz CT molecular complexity index is 507. The average molecular weight is 278 g/mol. The third kappa shape index (κ3) is 2.32. The van der Waals surface area contributed by atoms with Crippen molar-refractivity contribution in [1.29, 1.82) is 0 Å². The van der Waals surface area contributed by atoms with Gasteiger partial charge in [-0.3, -0.25) is 9.89 Å². The van der Waals surface area contributed by atoms with Crippen molar-refractivity contribution in [2.75, 3.05) is 6.61 Å². The Morgan fingerprint density at radius 2 is 2.25 bits per heavy atom. The van der Waals surface area contributed by atoms with Crippen molar-refractivity contribution < 1.29 is 9.53 Å². The van der Waals surface area contributed by atoms with E-state index >= 15 is 0 Å². The highest BCUT2D eigenvalue weighted by Gasteiger charge is 2.49. The number of carbonyl (C=O) groups excluding carboxylic acids is 1. The van der Waals surface area contributed by atoms with Gasteiger partial charge in [-0.2, -0.15) is 0 Å². The second-order valence-corrected chi connectivity index (χ2v) is 6.35. The third-order valence-electron chi connectivity index (χ3n) is 4.52. The smallest absolute Gasteiger partial charge is 0.291 e. The molecule has 6 heteroatoms. The van der Waals surface area contributed by atoms with Gasteiger partial charge in [0, 0.05) is 24.0 Å². The molecule has 0 aliphatic heterocycles. The highest BCUT2D eigenvalue weighted by molar-refractivity contribution is 5.90. The molecule has 2 unspecified atom stereocenters. The van der Waals surface area contributed by atoms with Gasteiger partial charge in [0.1, 0.15) is 5.82 Å². The van der Waals surface area contributed by atoms with Gasteiger partial charge in [0.2, 0.25) is 5.82 Å². The summed E-state index contributed by atoms with van der Waals surface area (Å²) in [4.78, 5) is 16.4. The van der Waals surface area contributed by atoms with Crippen LogP contribution in [0, 0.1) is 5.41 Å². The van der Waals surface area contributed by atoms with E-state index in [2.05, 4.69) is 34.3 Å². The number of carbonyl (C=O) groups is 1. The lowest BCUT2D eigenvalue weighted by molar-refractivity contribution is -0.111. The third-order valence-corrected chi connectivity index (χ3v) is 4.52. The molecule has 0 aromatic carbocycles. The summed E-state index contributed by atoms with van der Waals surface area (Å²) in [5.74, 6) is 1.38. The van der Waals surface area contributed by atoms with Crippen LogP contribution in [0.3, 0.4) is 0 Å². The Labute approximate surface area is 118 Å². The molecule has 2 saturated carbocycles. The van der Waals surface area contributed by atoms with Crippen LogP contribution in [0.5, 0.6) is 0 Å². The van der Waals surface area contributed by atoms with Gasteiger partial charge in [-0.15, -0.1) is 5.10 Å². The second kappa shape index (κ2) is 4.84. The van der Waals surface area contributed by atoms with Crippen molar-refractivity contribution in [1.82, 2.24) is 20.5 Å². The lowest BCUT2D eigenvalue weighted by atomic mass is 9.64. The molecule has 0 radical (unpaired) electrons. The fraction of sp³-hybridized carbons (Fsp3) is 0.786. The highest BCUT2D eigenvalue weighted by Crippen LogP contribution is 2.42. The quantitative estimate of drug-likeness (QED) is 0.857. The van der Waals surface area contributed by atoms with Crippen molar-refractivity contribution in [2.24, 2.45) is 5.41 Å². The summed E-state index contributed by atoms with van der Waals surface area (Å²) in [5.41, 5.74) is -0.0404. The number of aromatic nitrogens is 3. The maximum atomic E-state index is 12.2. The minimum absolute atomic E-state index is 0.0404. The second-order valence-electron chi connectivity index (χ2n) is 6.35. The van der Waals surface area contributed by atoms with Crippen LogP contribution in [0.25, 0.3) is 0 Å². The van der Waals surface area contributed by atoms with Gasteiger partial charge in [0.25, 0.3) is 5.91 Å². The van der Waals surface area contributed by atoms with Crippen LogP contribution in [0.4, 0.5) is 0 Å². The van der Waals surface area contributed by atoms with Gasteiger partial charge in [-0.1, -0.05) is 13.8 Å². The van der Waals surface area contributed by atoms with Gasteiger partial charge < -0.3 is 10.1 Å². The molecule has 3 rings (SSSR count). The van der Waals surface area contributed by atoms with E-state index in [0.717, 1.165) is 25.1 Å². The summed E-state index contributed by atoms with van der Waals surface area (Å²) in [7, 11) is 0. The first kappa shape index (κ1) is 13.5. The molecule has 6 nitrogen and oxygen atoms in total. The summed E-state index contributed by atoms with van der Waals surface area (Å²) in [6.07, 6.45) is 3.35. The molecular weight excluding hydrogens is 256 g/mol. The first-order valence-electron chi connectivity index (χ1n) is 7.37. The first-order valence-corrected chi connectivity index (χ1v) is 7.37. The van der Waals surface area contributed by atoms with Crippen LogP contribution >= 0.6 is 0 Å². The van der Waals surface area contributed by atoms with Crippen molar-refractivity contribution >= 4 is 5.91 Å². The zero-order chi connectivity index (χ0) is 14.3. The number of hydrogen-bond acceptors (Lipinski definition) is 4. The lowest BCUT2D eigenvalue weighted by Gasteiger charge is -2.51. The molecule has 0 saturated heterocycles. The van der Waals surface area contributed by atoms with Crippen LogP contribution in [0.15, 0.2) is 0 Å². The Kier molecular flexibility index (Phi) is 3.28. The topological polar surface area (TPSA) is 79.9 Å². The molecule has 1 amide bonds. The summed E-state index contributed by atoms with van der Waals surface area (Å²) >= 11 is 0. The molecule has 20 heavy (non-hydrogen) atoms. The standard InChI is InChI=1S/C14H22N4O2/c1-4-20-10-7-9(14(10,2)3)15-13(19)12-16-11(17-18-12)8-5-6-8/h8-10H,4-7H2,1-3H3,(H,15,19)(H,16,17,18). The summed E-state index contributed by atoms with van der Waals surface area (Å²) in [5, 5.41) is 9.89. The van der Waals surface area contributed by atoms with Crippen molar-refractivity contribution in [3.05, 3.63) is 11.6 Å². The Morgan fingerprint density at radius 1 is 1.50 bits per heavy atom. The SMILES string of the molecule is CCOC1CC(NC(=O)c2n[nH]c(C3CC3)n2)C1(C)C. The van der Waals surface area contributed by atoms with Crippen molar-refractivity contribution in [3.63, 3.8) is 0 Å². The Balaban J connectivity index is 1.59. The molecule has 1 aromatic heterocycles. The van der Waals surface area contributed by atoms with Crippen LogP contribution in [-0.2, 0) is 4.74 Å². The summed E-state index contributed by atoms with van der Waals surface area (Å²) in [6, 6.07) is 0.120. The number of amides is 1. The largest absolute Gasteiger partial charge is 0.378 e. The molecular formula is C14H22N4O2. The number of rotatable bonds is 5. The number of H-pyrrole nitrogens is 1. The maximum Gasteiger partial charge on any atom is 0.291 e. The van der Waals surface area contributed by atoms with Gasteiger partial charge in [-0.25, -0.2) is 4.98 Å². The number of nitrogens with one attached hydrogen (secondary N) is 2. The molecule has 0 spiro atoms. The van der Waals surface area contributed by atoms with E-state index in [1.54, 1.807) is 0 Å². The highest BCUT2D eigenvalue weighted by atomic mass is 16.5. The van der Waals surface area contributed by atoms with E-state index in [9.17, 15) is 4.79 Å². The number of ether oxygens (including phenoxy) is 1. The first-order chi connectivity index (χ1) is 9.52. The minimum Gasteiger partial charge on any atom is -0.378 e. The van der Waals surface area contributed by atoms with Gasteiger partial charge in [-0.05, 0) is 26.2 Å². The van der Waals surface area contributed by atoms with Crippen LogP contribution in [-0.4, -0.2) is 39.8 Å². The molecule has 2 N–H and O–H groups in total. The molecule has 2 atom stereocenters. The van der Waals surface area contributed by atoms with Crippen LogP contribution in [0.1, 0.15) is 62.4 Å². The Morgan fingerprint density at radius 3 is 2.85 bits per heavy atom. The number of aromatic amines is 1. The molecule has 1 heterocycles. The number of nitrogens with zero attached hydrogens (tertiary/aromatic N) is 2. The molecule has 2 fully saturated rings. The average Bonchev–Trinajstić information content (AvgIpc) is 3.15. The fourth-order valence-electron chi connectivity index (χ4n) is 2.75. The van der Waals surface area contributed by atoms with Gasteiger partial charge >= 0.3 is 0 Å². The van der Waals surface area contributed by atoms with Crippen molar-refractivity contribution in [2.45, 2.75) is 58.1 Å². The van der Waals surface area contributed by atoms with Gasteiger partial charge in [0.05, 0.1) is 6.10 Å². The fourth-order valence-corrected chi connectivity index (χ4v) is 2.75. The van der Waals surface area contributed by atoms with E-state index in [1.807, 2.05) is 6.92 Å². The monoisotopic (exact) mass is 278 g/mol. The predicted octanol–water partition coefficient (Wildman–Crippen LogP) is 1.62. The maximum absolute atomic E-state index is 12.2. The summed E-state index contributed by atoms with van der Waals surface area (Å²) < 4.78 is 5.67. The Hall–Kier alpha value is -1.43. The zero-order valence-corrected chi connectivity index (χ0v) is 12.3. The lowest BCUT2D eigenvalue weighted by Crippen LogP contribution is -2.62. The summed E-state index contributed by atoms with van der Waals surface area (Å²) in [6.45, 7) is 6.94. The van der Waals surface area contributed by atoms with E-state index in [-0.39, 0.29) is 29.3 Å². The van der Waals surface area contributed by atoms with E-state index < -0.39 is 0 Å². The predicted molar refractivity (Wildman–Crippen MR) is 73.4 cm³/mol. The van der Waals surface area contributed by atoms with Crippen molar-refractivity contribution in [3.8, 4) is 0 Å². The van der Waals surface area contributed by atoms with Crippen LogP contribution < -0.4 is 5.32 Å². The van der Waals surface area contributed by atoms with E-state index in [0.29, 0.717) is 12.5 Å². The molecule has 2 aliphatic carbocycles. The molecule has 110 valence electrons. The normalized spacial score (nSPS) is 27.9. The van der Waals surface area contributed by atoms with Gasteiger partial charge in [0.15, 0.2) is 0 Å². The zero-order valence-electron chi connectivity index (χ0n) is 12.3.